The topological polar surface area (TPSA) is 114 Å². The summed E-state index contributed by atoms with van der Waals surface area (Å²) in [5.74, 6) is 1.05. The zero-order valence-electron chi connectivity index (χ0n) is 17.7. The van der Waals surface area contributed by atoms with Gasteiger partial charge in [-0.3, -0.25) is 4.79 Å². The van der Waals surface area contributed by atoms with Crippen molar-refractivity contribution in [2.75, 3.05) is 33.0 Å². The SMILES string of the molecule is CCN(CC)S(=O)(=O)c1ccc(Cl)c(C(=O)NCC(O)COc2ccc3c(c2)OCO3)c1. The van der Waals surface area contributed by atoms with Crippen molar-refractivity contribution in [1.82, 2.24) is 9.62 Å². The Hall–Kier alpha value is -2.53. The molecule has 2 aromatic carbocycles. The molecule has 0 saturated heterocycles. The molecule has 0 aromatic heterocycles. The minimum atomic E-state index is -3.74. The Morgan fingerprint density at radius 3 is 2.62 bits per heavy atom. The zero-order chi connectivity index (χ0) is 23.3. The molecule has 1 aliphatic rings. The molecular formula is C21H25ClN2O7S. The van der Waals surface area contributed by atoms with Crippen LogP contribution in [0.1, 0.15) is 24.2 Å². The molecule has 0 radical (unpaired) electrons. The Morgan fingerprint density at radius 2 is 1.91 bits per heavy atom. The lowest BCUT2D eigenvalue weighted by Crippen LogP contribution is -2.35. The fourth-order valence-electron chi connectivity index (χ4n) is 3.08. The van der Waals surface area contributed by atoms with Gasteiger partial charge in [0.25, 0.3) is 5.91 Å². The number of hydrogen-bond donors (Lipinski definition) is 2. The van der Waals surface area contributed by atoms with E-state index in [9.17, 15) is 18.3 Å². The molecule has 32 heavy (non-hydrogen) atoms. The number of nitrogens with zero attached hydrogens (tertiary/aromatic N) is 1. The van der Waals surface area contributed by atoms with Crippen LogP contribution >= 0.6 is 11.6 Å². The maximum Gasteiger partial charge on any atom is 0.252 e. The van der Waals surface area contributed by atoms with Crippen LogP contribution in [-0.2, 0) is 10.0 Å². The van der Waals surface area contributed by atoms with Crippen LogP contribution in [0, 0.1) is 0 Å². The van der Waals surface area contributed by atoms with Crippen LogP contribution in [-0.4, -0.2) is 62.9 Å². The Bertz CT molecular complexity index is 1070. The third kappa shape index (κ3) is 5.44. The van der Waals surface area contributed by atoms with Crippen LogP contribution in [0.25, 0.3) is 0 Å². The normalized spacial score (nSPS) is 13.8. The van der Waals surface area contributed by atoms with Crippen molar-refractivity contribution >= 4 is 27.5 Å². The highest BCUT2D eigenvalue weighted by Crippen LogP contribution is 2.35. The molecule has 1 aliphatic heterocycles. The van der Waals surface area contributed by atoms with Gasteiger partial charge in [0.1, 0.15) is 18.5 Å². The van der Waals surface area contributed by atoms with Gasteiger partial charge in [-0.15, -0.1) is 0 Å². The second kappa shape index (κ2) is 10.4. The van der Waals surface area contributed by atoms with Crippen molar-refractivity contribution in [2.24, 2.45) is 0 Å². The van der Waals surface area contributed by atoms with Crippen LogP contribution < -0.4 is 19.5 Å². The molecule has 2 aromatic rings. The van der Waals surface area contributed by atoms with Crippen LogP contribution in [0.2, 0.25) is 5.02 Å². The molecule has 1 amide bonds. The van der Waals surface area contributed by atoms with Crippen LogP contribution in [0.4, 0.5) is 0 Å². The highest BCUT2D eigenvalue weighted by molar-refractivity contribution is 7.89. The van der Waals surface area contributed by atoms with Gasteiger partial charge in [0.2, 0.25) is 16.8 Å². The fraction of sp³-hybridized carbons (Fsp3) is 0.381. The lowest BCUT2D eigenvalue weighted by molar-refractivity contribution is 0.0843. The van der Waals surface area contributed by atoms with E-state index in [4.69, 9.17) is 25.8 Å². The lowest BCUT2D eigenvalue weighted by Gasteiger charge is -2.19. The Kier molecular flexibility index (Phi) is 7.83. The molecule has 0 fully saturated rings. The van der Waals surface area contributed by atoms with Gasteiger partial charge >= 0.3 is 0 Å². The van der Waals surface area contributed by atoms with Gasteiger partial charge in [0.15, 0.2) is 11.5 Å². The third-order valence-electron chi connectivity index (χ3n) is 4.81. The summed E-state index contributed by atoms with van der Waals surface area (Å²) in [6, 6.07) is 9.00. The molecule has 3 rings (SSSR count). The van der Waals surface area contributed by atoms with Gasteiger partial charge in [-0.05, 0) is 30.3 Å². The summed E-state index contributed by atoms with van der Waals surface area (Å²) in [6.45, 7) is 4.02. The van der Waals surface area contributed by atoms with E-state index in [1.165, 1.54) is 22.5 Å². The summed E-state index contributed by atoms with van der Waals surface area (Å²) < 4.78 is 42.7. The van der Waals surface area contributed by atoms with E-state index in [2.05, 4.69) is 5.32 Å². The summed E-state index contributed by atoms with van der Waals surface area (Å²) in [5, 5.41) is 12.8. The first-order valence-electron chi connectivity index (χ1n) is 10.0. The number of nitrogens with one attached hydrogen (secondary N) is 1. The first kappa shape index (κ1) is 24.1. The van der Waals surface area contributed by atoms with Crippen molar-refractivity contribution < 1.29 is 32.5 Å². The molecule has 0 spiro atoms. The number of sulfonamides is 1. The number of benzene rings is 2. The Labute approximate surface area is 191 Å². The average molecular weight is 485 g/mol. The van der Waals surface area contributed by atoms with E-state index in [-0.39, 0.29) is 35.4 Å². The van der Waals surface area contributed by atoms with Gasteiger partial charge in [-0.25, -0.2) is 8.42 Å². The number of rotatable bonds is 10. The molecule has 0 aliphatic carbocycles. The van der Waals surface area contributed by atoms with Gasteiger partial charge < -0.3 is 24.6 Å². The number of carbonyl (C=O) groups excluding carboxylic acids is 1. The number of aliphatic hydroxyl groups excluding tert-OH is 1. The van der Waals surface area contributed by atoms with E-state index >= 15 is 0 Å². The van der Waals surface area contributed by atoms with Crippen molar-refractivity contribution in [3.63, 3.8) is 0 Å². The highest BCUT2D eigenvalue weighted by Gasteiger charge is 2.24. The van der Waals surface area contributed by atoms with Gasteiger partial charge in [-0.2, -0.15) is 4.31 Å². The van der Waals surface area contributed by atoms with Crippen LogP contribution in [0.5, 0.6) is 17.2 Å². The third-order valence-corrected chi connectivity index (χ3v) is 7.19. The monoisotopic (exact) mass is 484 g/mol. The molecule has 2 N–H and O–H groups in total. The minimum absolute atomic E-state index is 0.00351. The molecule has 0 saturated carbocycles. The summed E-state index contributed by atoms with van der Waals surface area (Å²) in [7, 11) is -3.74. The quantitative estimate of drug-likeness (QED) is 0.531. The molecule has 1 atom stereocenters. The predicted octanol–water partition coefficient (Wildman–Crippen LogP) is 2.27. The first-order chi connectivity index (χ1) is 15.3. The second-order valence-electron chi connectivity index (χ2n) is 6.92. The largest absolute Gasteiger partial charge is 0.491 e. The van der Waals surface area contributed by atoms with E-state index in [1.54, 1.807) is 32.0 Å². The average Bonchev–Trinajstić information content (AvgIpc) is 3.24. The van der Waals surface area contributed by atoms with E-state index in [0.717, 1.165) is 0 Å². The fourth-order valence-corrected chi connectivity index (χ4v) is 4.76. The van der Waals surface area contributed by atoms with E-state index < -0.39 is 22.0 Å². The Balaban J connectivity index is 1.59. The molecule has 1 heterocycles. The molecule has 0 bridgehead atoms. The molecule has 9 nitrogen and oxygen atoms in total. The smallest absolute Gasteiger partial charge is 0.252 e. The van der Waals surface area contributed by atoms with Gasteiger partial charge in [0.05, 0.1) is 15.5 Å². The number of ether oxygens (including phenoxy) is 3. The maximum atomic E-state index is 12.7. The molecule has 11 heteroatoms. The van der Waals surface area contributed by atoms with Crippen LogP contribution in [0.3, 0.4) is 0 Å². The standard InChI is InChI=1S/C21H25ClN2O7S/c1-3-24(4-2)32(27,28)16-6-7-18(22)17(10-16)21(26)23-11-14(25)12-29-15-5-8-19-20(9-15)31-13-30-19/h5-10,14,25H,3-4,11-13H2,1-2H3,(H,23,26). The summed E-state index contributed by atoms with van der Waals surface area (Å²) in [5.41, 5.74) is 0.00351. The van der Waals surface area contributed by atoms with Gasteiger partial charge in [0, 0.05) is 25.7 Å². The van der Waals surface area contributed by atoms with Crippen molar-refractivity contribution in [3.05, 3.63) is 47.0 Å². The number of halogens is 1. The molecule has 174 valence electrons. The summed E-state index contributed by atoms with van der Waals surface area (Å²) in [4.78, 5) is 12.5. The predicted molar refractivity (Wildman–Crippen MR) is 118 cm³/mol. The Morgan fingerprint density at radius 1 is 1.19 bits per heavy atom. The molecule has 1 unspecified atom stereocenters. The maximum absolute atomic E-state index is 12.7. The number of aliphatic hydroxyl groups is 1. The number of carbonyl (C=O) groups is 1. The van der Waals surface area contributed by atoms with Crippen molar-refractivity contribution in [1.29, 1.82) is 0 Å². The van der Waals surface area contributed by atoms with Crippen molar-refractivity contribution in [2.45, 2.75) is 24.8 Å². The summed E-state index contributed by atoms with van der Waals surface area (Å²) >= 11 is 6.11. The van der Waals surface area contributed by atoms with Crippen molar-refractivity contribution in [3.8, 4) is 17.2 Å². The first-order valence-corrected chi connectivity index (χ1v) is 11.9. The van der Waals surface area contributed by atoms with E-state index in [0.29, 0.717) is 30.3 Å². The number of amides is 1. The van der Waals surface area contributed by atoms with Gasteiger partial charge in [-0.1, -0.05) is 25.4 Å². The number of fused-ring (bicyclic) bond motifs is 1. The zero-order valence-corrected chi connectivity index (χ0v) is 19.3. The minimum Gasteiger partial charge on any atom is -0.491 e. The van der Waals surface area contributed by atoms with E-state index in [1.807, 2.05) is 0 Å². The number of hydrogen-bond acceptors (Lipinski definition) is 7. The lowest BCUT2D eigenvalue weighted by atomic mass is 10.2. The summed E-state index contributed by atoms with van der Waals surface area (Å²) in [6.07, 6.45) is -1.01. The second-order valence-corrected chi connectivity index (χ2v) is 9.27. The van der Waals surface area contributed by atoms with Crippen LogP contribution in [0.15, 0.2) is 41.3 Å². The molecular weight excluding hydrogens is 460 g/mol. The highest BCUT2D eigenvalue weighted by atomic mass is 35.5.